The first-order valence-electron chi connectivity index (χ1n) is 19.3. The summed E-state index contributed by atoms with van der Waals surface area (Å²) >= 11 is 0. The molecule has 3 saturated heterocycles. The van der Waals surface area contributed by atoms with Crippen molar-refractivity contribution in [3.8, 4) is 17.2 Å². The lowest BCUT2D eigenvalue weighted by Gasteiger charge is -2.50. The number of benzene rings is 4. The molecular weight excluding hydrogens is 697 g/mol. The highest BCUT2D eigenvalue weighted by atomic mass is 16.5. The monoisotopic (exact) mass is 746 g/mol. The maximum atomic E-state index is 13.0. The van der Waals surface area contributed by atoms with E-state index in [4.69, 9.17) is 9.47 Å². The van der Waals surface area contributed by atoms with Gasteiger partial charge in [0, 0.05) is 24.5 Å². The number of carboxylic acid groups (broad SMARTS) is 1. The number of hydrogen-bond acceptors (Lipinski definition) is 8. The van der Waals surface area contributed by atoms with Gasteiger partial charge in [0.05, 0.1) is 30.3 Å². The maximum absolute atomic E-state index is 13.0. The topological polar surface area (TPSA) is 148 Å². The predicted octanol–water partition coefficient (Wildman–Crippen LogP) is 6.85. The second-order valence-electron chi connectivity index (χ2n) is 14.6. The summed E-state index contributed by atoms with van der Waals surface area (Å²) in [6, 6.07) is 31.3. The van der Waals surface area contributed by atoms with E-state index >= 15 is 0 Å². The molecule has 3 aliphatic heterocycles. The van der Waals surface area contributed by atoms with Gasteiger partial charge in [0.15, 0.2) is 0 Å². The van der Waals surface area contributed by atoms with Gasteiger partial charge in [-0.25, -0.2) is 4.79 Å². The molecule has 5 N–H and O–H groups in total. The van der Waals surface area contributed by atoms with Crippen molar-refractivity contribution < 1.29 is 29.6 Å². The molecular formula is C44H50N4O7. The number of aromatic nitrogens is 1. The highest BCUT2D eigenvalue weighted by Crippen LogP contribution is 2.39. The number of piperidine rings is 3. The molecule has 1 amide bonds. The minimum atomic E-state index is -0.899. The number of ether oxygens (including phenoxy) is 2. The number of rotatable bonds is 17. The third kappa shape index (κ3) is 9.30. The van der Waals surface area contributed by atoms with Crippen molar-refractivity contribution in [1.29, 1.82) is 0 Å². The molecule has 5 aromatic rings. The van der Waals surface area contributed by atoms with Gasteiger partial charge in [0.25, 0.3) is 0 Å². The minimum Gasteiger partial charge on any atom is -0.506 e. The first-order valence-corrected chi connectivity index (χ1v) is 19.3. The highest BCUT2D eigenvalue weighted by Gasteiger charge is 2.43. The minimum absolute atomic E-state index is 0.0284. The fourth-order valence-electron chi connectivity index (χ4n) is 8.13. The Kier molecular flexibility index (Phi) is 12.3. The van der Waals surface area contributed by atoms with E-state index in [2.05, 4.69) is 15.2 Å². The molecule has 3 aliphatic rings. The summed E-state index contributed by atoms with van der Waals surface area (Å²) in [5.74, 6) is 1.79. The Morgan fingerprint density at radius 3 is 2.40 bits per heavy atom. The van der Waals surface area contributed by atoms with E-state index in [1.807, 2.05) is 78.9 Å². The number of nitrogens with one attached hydrogen (secondary N) is 2. The number of pyridine rings is 1. The maximum Gasteiger partial charge on any atom is 0.408 e. The predicted molar refractivity (Wildman–Crippen MR) is 212 cm³/mol. The lowest BCUT2D eigenvalue weighted by molar-refractivity contribution is -0.000812. The van der Waals surface area contributed by atoms with Gasteiger partial charge < -0.3 is 40.0 Å². The number of aromatic hydroxyl groups is 1. The average molecular weight is 747 g/mol. The third-order valence-corrected chi connectivity index (χ3v) is 10.9. The number of aromatic amines is 1. The molecule has 0 saturated carbocycles. The van der Waals surface area contributed by atoms with Gasteiger partial charge in [-0.05, 0) is 116 Å². The number of carbonyl (C=O) groups is 1. The second-order valence-corrected chi connectivity index (χ2v) is 14.6. The first-order chi connectivity index (χ1) is 26.8. The van der Waals surface area contributed by atoms with Crippen LogP contribution < -0.4 is 20.3 Å². The van der Waals surface area contributed by atoms with Gasteiger partial charge in [-0.1, -0.05) is 60.7 Å². The lowest BCUT2D eigenvalue weighted by Crippen LogP contribution is -2.59. The molecule has 1 aromatic heterocycles. The van der Waals surface area contributed by atoms with Gasteiger partial charge in [-0.2, -0.15) is 0 Å². The molecule has 55 heavy (non-hydrogen) atoms. The average Bonchev–Trinajstić information content (AvgIpc) is 3.21. The Hall–Kier alpha value is -5.36. The largest absolute Gasteiger partial charge is 0.506 e. The quantitative estimate of drug-likeness (QED) is 0.0645. The van der Waals surface area contributed by atoms with Crippen molar-refractivity contribution in [1.82, 2.24) is 20.1 Å². The van der Waals surface area contributed by atoms with Crippen molar-refractivity contribution in [2.75, 3.05) is 39.3 Å². The van der Waals surface area contributed by atoms with Crippen LogP contribution in [-0.4, -0.2) is 81.6 Å². The molecule has 11 nitrogen and oxygen atoms in total. The zero-order chi connectivity index (χ0) is 38.1. The normalized spacial score (nSPS) is 18.8. The summed E-state index contributed by atoms with van der Waals surface area (Å²) in [6.07, 6.45) is 3.12. The number of fused-ring (bicyclic) bond motifs is 4. The van der Waals surface area contributed by atoms with Gasteiger partial charge in [-0.3, -0.25) is 9.69 Å². The number of unbranched alkanes of at least 4 members (excludes halogenated alkanes) is 2. The lowest BCUT2D eigenvalue weighted by atomic mass is 9.81. The SMILES string of the molecule is O=C(O)N(C(c1ccccc1)c1cccc(OCc2cccc(OCCCCCNCC(O)c3ccc(O)c4[nH]c(=O)ccc34)c2)c1)C1CN2CCC1CC2. The van der Waals surface area contributed by atoms with Crippen LogP contribution in [0.25, 0.3) is 10.9 Å². The standard InChI is InChI=1S/C44H50N4O7/c49-39-17-15-36(37-16-18-41(51)46-42(37)39)40(50)27-45-21-5-2-6-24-54-34-13-7-9-30(25-34)29-55-35-14-8-12-33(26-35)43(32-10-3-1-4-11-32)48(44(52)53)38-28-47-22-19-31(38)20-23-47/h1,3-4,7-18,25-26,31,38,40,43,45,49-50H,2,5-6,19-24,27-29H2,(H,46,51)(H,52,53). The van der Waals surface area contributed by atoms with Crippen molar-refractivity contribution >= 4 is 17.0 Å². The zero-order valence-corrected chi connectivity index (χ0v) is 31.0. The molecule has 0 radical (unpaired) electrons. The van der Waals surface area contributed by atoms with E-state index in [1.54, 1.807) is 17.0 Å². The Morgan fingerprint density at radius 2 is 1.64 bits per heavy atom. The smallest absolute Gasteiger partial charge is 0.408 e. The van der Waals surface area contributed by atoms with Crippen LogP contribution in [0.4, 0.5) is 4.79 Å². The Morgan fingerprint density at radius 1 is 0.873 bits per heavy atom. The number of phenolic OH excluding ortho intramolecular Hbond substituents is 1. The fraction of sp³-hybridized carbons (Fsp3) is 0.364. The van der Waals surface area contributed by atoms with E-state index in [1.165, 1.54) is 12.1 Å². The second kappa shape index (κ2) is 17.9. The number of hydrogen-bond donors (Lipinski definition) is 5. The van der Waals surface area contributed by atoms with E-state index in [9.17, 15) is 24.9 Å². The van der Waals surface area contributed by atoms with E-state index in [0.29, 0.717) is 47.9 Å². The number of aliphatic hydroxyl groups excluding tert-OH is 1. The molecule has 2 bridgehead atoms. The molecule has 0 aliphatic carbocycles. The van der Waals surface area contributed by atoms with Crippen LogP contribution in [0.15, 0.2) is 108 Å². The van der Waals surface area contributed by atoms with E-state index in [0.717, 1.165) is 80.7 Å². The van der Waals surface area contributed by atoms with Crippen LogP contribution in [0.1, 0.15) is 66.5 Å². The van der Waals surface area contributed by atoms with Crippen molar-refractivity contribution in [2.45, 2.75) is 56.9 Å². The molecule has 4 heterocycles. The van der Waals surface area contributed by atoms with Crippen molar-refractivity contribution in [3.05, 3.63) is 136 Å². The molecule has 0 spiro atoms. The van der Waals surface area contributed by atoms with Gasteiger partial charge in [0.2, 0.25) is 5.56 Å². The third-order valence-electron chi connectivity index (χ3n) is 10.9. The summed E-state index contributed by atoms with van der Waals surface area (Å²) in [7, 11) is 0. The summed E-state index contributed by atoms with van der Waals surface area (Å²) in [5, 5.41) is 35.4. The van der Waals surface area contributed by atoms with E-state index < -0.39 is 18.2 Å². The summed E-state index contributed by atoms with van der Waals surface area (Å²) in [5.41, 5.74) is 3.46. The number of phenols is 1. The molecule has 288 valence electrons. The van der Waals surface area contributed by atoms with Crippen LogP contribution >= 0.6 is 0 Å². The zero-order valence-electron chi connectivity index (χ0n) is 31.0. The van der Waals surface area contributed by atoms with Crippen LogP contribution in [-0.2, 0) is 6.61 Å². The van der Waals surface area contributed by atoms with Crippen LogP contribution in [0.5, 0.6) is 17.2 Å². The molecule has 11 heteroatoms. The van der Waals surface area contributed by atoms with Crippen LogP contribution in [0, 0.1) is 5.92 Å². The number of H-pyrrole nitrogens is 1. The van der Waals surface area contributed by atoms with Gasteiger partial charge in [0.1, 0.15) is 23.9 Å². The van der Waals surface area contributed by atoms with Crippen molar-refractivity contribution in [2.24, 2.45) is 5.92 Å². The first kappa shape index (κ1) is 37.9. The van der Waals surface area contributed by atoms with Crippen LogP contribution in [0.3, 0.4) is 0 Å². The molecule has 8 rings (SSSR count). The van der Waals surface area contributed by atoms with Gasteiger partial charge in [-0.15, -0.1) is 0 Å². The van der Waals surface area contributed by atoms with E-state index in [-0.39, 0.29) is 17.4 Å². The highest BCUT2D eigenvalue weighted by molar-refractivity contribution is 5.87. The van der Waals surface area contributed by atoms with Crippen LogP contribution in [0.2, 0.25) is 0 Å². The Balaban J connectivity index is 0.886. The summed E-state index contributed by atoms with van der Waals surface area (Å²) < 4.78 is 12.3. The number of nitrogens with zero attached hydrogens (tertiary/aromatic N) is 2. The van der Waals surface area contributed by atoms with Gasteiger partial charge >= 0.3 is 6.09 Å². The molecule has 3 unspecified atom stereocenters. The number of aliphatic hydroxyl groups is 1. The Bertz CT molecular complexity index is 2100. The molecule has 3 fully saturated rings. The Labute approximate surface area is 321 Å². The fourth-order valence-corrected chi connectivity index (χ4v) is 8.13. The van der Waals surface area contributed by atoms with Crippen molar-refractivity contribution in [3.63, 3.8) is 0 Å². The number of amides is 1. The summed E-state index contributed by atoms with van der Waals surface area (Å²) in [6.45, 7) is 4.85. The molecule has 3 atom stereocenters. The summed E-state index contributed by atoms with van der Waals surface area (Å²) in [4.78, 5) is 31.4. The molecule has 4 aromatic carbocycles.